The van der Waals surface area contributed by atoms with Crippen molar-refractivity contribution in [2.75, 3.05) is 5.32 Å². The van der Waals surface area contributed by atoms with Crippen LogP contribution >= 0.6 is 0 Å². The van der Waals surface area contributed by atoms with Crippen molar-refractivity contribution in [3.63, 3.8) is 0 Å². The van der Waals surface area contributed by atoms with Crippen molar-refractivity contribution < 1.29 is 14.3 Å². The van der Waals surface area contributed by atoms with E-state index in [4.69, 9.17) is 4.74 Å². The Morgan fingerprint density at radius 2 is 1.72 bits per heavy atom. The average Bonchev–Trinajstić information content (AvgIpc) is 2.78. The molecule has 0 saturated heterocycles. The molecule has 2 N–H and O–H groups in total. The summed E-state index contributed by atoms with van der Waals surface area (Å²) in [4.78, 5) is 29.4. The van der Waals surface area contributed by atoms with Gasteiger partial charge in [0.2, 0.25) is 0 Å². The number of rotatable bonds is 7. The van der Waals surface area contributed by atoms with Crippen LogP contribution in [0.5, 0.6) is 5.75 Å². The van der Waals surface area contributed by atoms with E-state index in [1.807, 2.05) is 36.4 Å². The predicted octanol–water partition coefficient (Wildman–Crippen LogP) is 4.72. The topological polar surface area (TPSA) is 80.3 Å². The van der Waals surface area contributed by atoms with Gasteiger partial charge in [0.25, 0.3) is 11.8 Å². The molecule has 1 atom stereocenters. The molecule has 0 aliphatic rings. The predicted molar refractivity (Wildman–Crippen MR) is 126 cm³/mol. The van der Waals surface area contributed by atoms with Crippen molar-refractivity contribution in [3.8, 4) is 5.75 Å². The lowest BCUT2D eigenvalue weighted by Gasteiger charge is -2.20. The highest BCUT2D eigenvalue weighted by molar-refractivity contribution is 6.04. The van der Waals surface area contributed by atoms with Crippen LogP contribution in [0.25, 0.3) is 0 Å². The van der Waals surface area contributed by atoms with Gasteiger partial charge in [0.05, 0.1) is 11.3 Å². The summed E-state index contributed by atoms with van der Waals surface area (Å²) >= 11 is 0. The van der Waals surface area contributed by atoms with E-state index >= 15 is 0 Å². The number of nitrogens with zero attached hydrogens (tertiary/aromatic N) is 1. The fraction of sp³-hybridized carbons (Fsp3) is 0.269. The highest BCUT2D eigenvalue weighted by Crippen LogP contribution is 2.25. The van der Waals surface area contributed by atoms with Crippen LogP contribution in [0.3, 0.4) is 0 Å². The summed E-state index contributed by atoms with van der Waals surface area (Å²) in [6, 6.07) is 18.3. The Morgan fingerprint density at radius 1 is 1.00 bits per heavy atom. The first kappa shape index (κ1) is 23.0. The number of nitrogens with one attached hydrogen (secondary N) is 2. The highest BCUT2D eigenvalue weighted by atomic mass is 16.5. The maximum atomic E-state index is 12.7. The molecule has 3 rings (SSSR count). The van der Waals surface area contributed by atoms with Gasteiger partial charge < -0.3 is 15.4 Å². The number of carbonyl (C=O) groups excluding carboxylic acids is 2. The molecule has 1 aromatic heterocycles. The minimum absolute atomic E-state index is 0.0445. The number of para-hydroxylation sites is 1. The third kappa shape index (κ3) is 6.17. The quantitative estimate of drug-likeness (QED) is 0.567. The SMILES string of the molecule is C[C@@H](Oc1ccc(C(C)(C)C)cc1)C(=O)Nc1ccccc1C(=O)NCc1cccnc1. The molecule has 0 aliphatic heterocycles. The minimum atomic E-state index is -0.734. The van der Waals surface area contributed by atoms with E-state index in [0.29, 0.717) is 23.5 Å². The number of hydrogen-bond donors (Lipinski definition) is 2. The monoisotopic (exact) mass is 431 g/mol. The Kier molecular flexibility index (Phi) is 7.25. The van der Waals surface area contributed by atoms with E-state index in [9.17, 15) is 9.59 Å². The van der Waals surface area contributed by atoms with Crippen LogP contribution in [-0.2, 0) is 16.8 Å². The molecule has 6 heteroatoms. The van der Waals surface area contributed by atoms with Crippen molar-refractivity contribution in [2.24, 2.45) is 0 Å². The number of anilines is 1. The molecule has 6 nitrogen and oxygen atoms in total. The lowest BCUT2D eigenvalue weighted by molar-refractivity contribution is -0.122. The van der Waals surface area contributed by atoms with Crippen molar-refractivity contribution in [2.45, 2.75) is 45.8 Å². The van der Waals surface area contributed by atoms with E-state index in [2.05, 4.69) is 36.4 Å². The van der Waals surface area contributed by atoms with E-state index in [1.54, 1.807) is 43.6 Å². The van der Waals surface area contributed by atoms with Gasteiger partial charge in [0.1, 0.15) is 5.75 Å². The number of amides is 2. The molecule has 2 amide bonds. The van der Waals surface area contributed by atoms with Gasteiger partial charge in [-0.3, -0.25) is 14.6 Å². The Morgan fingerprint density at radius 3 is 2.38 bits per heavy atom. The lowest BCUT2D eigenvalue weighted by Crippen LogP contribution is -2.31. The fourth-order valence-corrected chi connectivity index (χ4v) is 3.10. The third-order valence-electron chi connectivity index (χ3n) is 5.01. The van der Waals surface area contributed by atoms with Gasteiger partial charge in [-0.1, -0.05) is 51.1 Å². The summed E-state index contributed by atoms with van der Waals surface area (Å²) < 4.78 is 5.80. The minimum Gasteiger partial charge on any atom is -0.481 e. The number of hydrogen-bond acceptors (Lipinski definition) is 4. The molecular weight excluding hydrogens is 402 g/mol. The highest BCUT2D eigenvalue weighted by Gasteiger charge is 2.19. The second-order valence-corrected chi connectivity index (χ2v) is 8.61. The van der Waals surface area contributed by atoms with Crippen LogP contribution in [0.2, 0.25) is 0 Å². The van der Waals surface area contributed by atoms with Crippen LogP contribution in [0, 0.1) is 0 Å². The van der Waals surface area contributed by atoms with Gasteiger partial charge >= 0.3 is 0 Å². The average molecular weight is 432 g/mol. The molecule has 166 valence electrons. The molecule has 0 bridgehead atoms. The summed E-state index contributed by atoms with van der Waals surface area (Å²) in [6.45, 7) is 8.45. The van der Waals surface area contributed by atoms with Gasteiger partial charge in [0.15, 0.2) is 6.10 Å². The Hall–Kier alpha value is -3.67. The summed E-state index contributed by atoms with van der Waals surface area (Å²) in [5.41, 5.74) is 2.93. The maximum absolute atomic E-state index is 12.7. The summed E-state index contributed by atoms with van der Waals surface area (Å²) in [6.07, 6.45) is 2.64. The van der Waals surface area contributed by atoms with E-state index in [0.717, 1.165) is 5.56 Å². The number of carbonyl (C=O) groups is 2. The molecule has 0 radical (unpaired) electrons. The number of benzene rings is 2. The molecule has 0 spiro atoms. The molecule has 0 aliphatic carbocycles. The van der Waals surface area contributed by atoms with Crippen LogP contribution in [0.1, 0.15) is 49.2 Å². The first-order valence-corrected chi connectivity index (χ1v) is 10.6. The third-order valence-corrected chi connectivity index (χ3v) is 5.01. The Balaban J connectivity index is 1.62. The smallest absolute Gasteiger partial charge is 0.265 e. The molecular formula is C26H29N3O3. The van der Waals surface area contributed by atoms with Crippen LogP contribution in [0.15, 0.2) is 73.1 Å². The first-order chi connectivity index (χ1) is 15.2. The van der Waals surface area contributed by atoms with Gasteiger partial charge in [-0.2, -0.15) is 0 Å². The Labute approximate surface area is 189 Å². The van der Waals surface area contributed by atoms with E-state index < -0.39 is 6.10 Å². The molecule has 32 heavy (non-hydrogen) atoms. The summed E-state index contributed by atoms with van der Waals surface area (Å²) in [5.74, 6) is -0.00310. The van der Waals surface area contributed by atoms with Crippen molar-refractivity contribution >= 4 is 17.5 Å². The fourth-order valence-electron chi connectivity index (χ4n) is 3.10. The van der Waals surface area contributed by atoms with E-state index in [-0.39, 0.29) is 17.2 Å². The number of pyridine rings is 1. The standard InChI is InChI=1S/C26H29N3O3/c1-18(32-21-13-11-20(12-14-21)26(2,3)4)24(30)29-23-10-6-5-9-22(23)25(31)28-17-19-8-7-15-27-16-19/h5-16,18H,17H2,1-4H3,(H,28,31)(H,29,30)/t18-/m1/s1. The van der Waals surface area contributed by atoms with Gasteiger partial charge in [-0.05, 0) is 53.8 Å². The van der Waals surface area contributed by atoms with Gasteiger partial charge in [-0.25, -0.2) is 0 Å². The molecule has 1 heterocycles. The molecule has 2 aromatic carbocycles. The molecule has 0 unspecified atom stereocenters. The van der Waals surface area contributed by atoms with Crippen LogP contribution in [-0.4, -0.2) is 22.9 Å². The molecule has 0 saturated carbocycles. The zero-order valence-corrected chi connectivity index (χ0v) is 18.9. The second kappa shape index (κ2) is 10.1. The zero-order valence-electron chi connectivity index (χ0n) is 18.9. The second-order valence-electron chi connectivity index (χ2n) is 8.61. The number of ether oxygens (including phenoxy) is 1. The normalized spacial score (nSPS) is 12.0. The summed E-state index contributed by atoms with van der Waals surface area (Å²) in [7, 11) is 0. The molecule has 3 aromatic rings. The first-order valence-electron chi connectivity index (χ1n) is 10.6. The van der Waals surface area contributed by atoms with Crippen molar-refractivity contribution in [1.82, 2.24) is 10.3 Å². The lowest BCUT2D eigenvalue weighted by atomic mass is 9.87. The molecule has 0 fully saturated rings. The zero-order chi connectivity index (χ0) is 23.1. The van der Waals surface area contributed by atoms with Crippen LogP contribution < -0.4 is 15.4 Å². The largest absolute Gasteiger partial charge is 0.481 e. The number of aromatic nitrogens is 1. The van der Waals surface area contributed by atoms with Crippen molar-refractivity contribution in [3.05, 3.63) is 89.7 Å². The maximum Gasteiger partial charge on any atom is 0.265 e. The summed E-state index contributed by atoms with van der Waals surface area (Å²) in [5, 5.41) is 5.66. The van der Waals surface area contributed by atoms with Gasteiger partial charge in [-0.15, -0.1) is 0 Å². The Bertz CT molecular complexity index is 1060. The van der Waals surface area contributed by atoms with Gasteiger partial charge in [0, 0.05) is 18.9 Å². The van der Waals surface area contributed by atoms with Crippen molar-refractivity contribution in [1.29, 1.82) is 0 Å². The van der Waals surface area contributed by atoms with Crippen LogP contribution in [0.4, 0.5) is 5.69 Å². The van der Waals surface area contributed by atoms with E-state index in [1.165, 1.54) is 5.56 Å².